The summed E-state index contributed by atoms with van der Waals surface area (Å²) in [6.07, 6.45) is 1.32. The van der Waals surface area contributed by atoms with Gasteiger partial charge in [0.1, 0.15) is 5.82 Å². The lowest BCUT2D eigenvalue weighted by atomic mass is 9.89. The molecule has 2 heterocycles. The highest BCUT2D eigenvalue weighted by atomic mass is 19.1. The number of rotatable bonds is 2. The van der Waals surface area contributed by atoms with Crippen molar-refractivity contribution in [2.75, 3.05) is 26.2 Å². The zero-order valence-corrected chi connectivity index (χ0v) is 9.38. The molecule has 3 heteroatoms. The Kier molecular flexibility index (Phi) is 2.65. The van der Waals surface area contributed by atoms with E-state index in [9.17, 15) is 4.39 Å². The minimum absolute atomic E-state index is 0.103. The van der Waals surface area contributed by atoms with Gasteiger partial charge in [-0.05, 0) is 42.8 Å². The summed E-state index contributed by atoms with van der Waals surface area (Å²) in [4.78, 5) is 2.45. The largest absolute Gasteiger partial charge is 0.312 e. The quantitative estimate of drug-likeness (QED) is 0.816. The molecule has 0 spiro atoms. The van der Waals surface area contributed by atoms with Crippen LogP contribution in [0.3, 0.4) is 0 Å². The smallest absolute Gasteiger partial charge is 0.123 e. The van der Waals surface area contributed by atoms with Gasteiger partial charge in [0.2, 0.25) is 0 Å². The molecule has 3 rings (SSSR count). The van der Waals surface area contributed by atoms with Crippen LogP contribution in [-0.2, 0) is 6.54 Å². The summed E-state index contributed by atoms with van der Waals surface area (Å²) >= 11 is 0. The summed E-state index contributed by atoms with van der Waals surface area (Å²) in [5.41, 5.74) is 2.48. The lowest BCUT2D eigenvalue weighted by Gasteiger charge is -2.36. The monoisotopic (exact) mass is 220 g/mol. The number of benzene rings is 1. The third-order valence-corrected chi connectivity index (χ3v) is 3.68. The van der Waals surface area contributed by atoms with Crippen LogP contribution in [-0.4, -0.2) is 31.1 Å². The maximum Gasteiger partial charge on any atom is 0.123 e. The molecule has 0 amide bonds. The fourth-order valence-electron chi connectivity index (χ4n) is 2.64. The van der Waals surface area contributed by atoms with Gasteiger partial charge in [0.05, 0.1) is 0 Å². The van der Waals surface area contributed by atoms with E-state index < -0.39 is 0 Å². The molecule has 1 unspecified atom stereocenters. The van der Waals surface area contributed by atoms with Crippen LogP contribution < -0.4 is 5.32 Å². The Labute approximate surface area is 95.4 Å². The Hall–Kier alpha value is -0.930. The third kappa shape index (κ3) is 1.85. The summed E-state index contributed by atoms with van der Waals surface area (Å²) in [5, 5.41) is 3.41. The van der Waals surface area contributed by atoms with E-state index in [1.54, 1.807) is 12.1 Å². The number of hydrogen-bond acceptors (Lipinski definition) is 2. The van der Waals surface area contributed by atoms with Gasteiger partial charge in [-0.3, -0.25) is 0 Å². The van der Waals surface area contributed by atoms with Crippen LogP contribution in [0, 0.1) is 5.82 Å². The molecule has 1 N–H and O–H groups in total. The standard InChI is InChI=1S/C13H17FN2/c14-12-3-2-10-7-15-8-11(13(10)6-12)9-16-4-1-5-16/h2-3,6,11,15H,1,4-5,7-9H2. The second kappa shape index (κ2) is 4.15. The fourth-order valence-corrected chi connectivity index (χ4v) is 2.64. The summed E-state index contributed by atoms with van der Waals surface area (Å²) in [7, 11) is 0. The highest BCUT2D eigenvalue weighted by molar-refractivity contribution is 5.33. The average molecular weight is 220 g/mol. The van der Waals surface area contributed by atoms with E-state index in [1.165, 1.54) is 30.6 Å². The van der Waals surface area contributed by atoms with Crippen molar-refractivity contribution in [1.29, 1.82) is 0 Å². The first-order chi connectivity index (χ1) is 7.83. The predicted octanol–water partition coefficient (Wildman–Crippen LogP) is 1.72. The molecule has 2 aliphatic heterocycles. The van der Waals surface area contributed by atoms with E-state index in [4.69, 9.17) is 0 Å². The first kappa shape index (κ1) is 10.2. The van der Waals surface area contributed by atoms with Gasteiger partial charge < -0.3 is 10.2 Å². The summed E-state index contributed by atoms with van der Waals surface area (Å²) in [6, 6.07) is 5.20. The van der Waals surface area contributed by atoms with Crippen molar-refractivity contribution in [3.05, 3.63) is 35.1 Å². The van der Waals surface area contributed by atoms with Crippen LogP contribution >= 0.6 is 0 Å². The second-order valence-electron chi connectivity index (χ2n) is 4.83. The van der Waals surface area contributed by atoms with Crippen LogP contribution in [0.25, 0.3) is 0 Å². The van der Waals surface area contributed by atoms with Gasteiger partial charge >= 0.3 is 0 Å². The number of hydrogen-bond donors (Lipinski definition) is 1. The molecule has 1 atom stereocenters. The van der Waals surface area contributed by atoms with Gasteiger partial charge in [-0.25, -0.2) is 4.39 Å². The molecule has 0 bridgehead atoms. The SMILES string of the molecule is Fc1ccc2c(c1)C(CN1CCC1)CNC2. The molecule has 0 aromatic heterocycles. The van der Waals surface area contributed by atoms with Crippen molar-refractivity contribution in [1.82, 2.24) is 10.2 Å². The molecule has 1 fully saturated rings. The van der Waals surface area contributed by atoms with E-state index in [0.717, 1.165) is 19.6 Å². The highest BCUT2D eigenvalue weighted by Crippen LogP contribution is 2.26. The molecule has 1 aromatic rings. The fraction of sp³-hybridized carbons (Fsp3) is 0.538. The van der Waals surface area contributed by atoms with Gasteiger partial charge in [-0.1, -0.05) is 6.07 Å². The number of fused-ring (bicyclic) bond motifs is 1. The predicted molar refractivity (Wildman–Crippen MR) is 61.9 cm³/mol. The van der Waals surface area contributed by atoms with Gasteiger partial charge in [-0.15, -0.1) is 0 Å². The zero-order chi connectivity index (χ0) is 11.0. The molecular weight excluding hydrogens is 203 g/mol. The van der Waals surface area contributed by atoms with Crippen molar-refractivity contribution >= 4 is 0 Å². The number of halogens is 1. The maximum atomic E-state index is 13.3. The Bertz CT molecular complexity index is 388. The zero-order valence-electron chi connectivity index (χ0n) is 9.38. The van der Waals surface area contributed by atoms with Crippen LogP contribution in [0.5, 0.6) is 0 Å². The summed E-state index contributed by atoms with van der Waals surface area (Å²) in [6.45, 7) is 5.35. The Morgan fingerprint density at radius 2 is 2.25 bits per heavy atom. The van der Waals surface area contributed by atoms with E-state index >= 15 is 0 Å². The lowest BCUT2D eigenvalue weighted by Crippen LogP contribution is -2.43. The van der Waals surface area contributed by atoms with Crippen molar-refractivity contribution < 1.29 is 4.39 Å². The minimum Gasteiger partial charge on any atom is -0.312 e. The second-order valence-corrected chi connectivity index (χ2v) is 4.83. The first-order valence-electron chi connectivity index (χ1n) is 6.04. The van der Waals surface area contributed by atoms with Gasteiger partial charge in [0.15, 0.2) is 0 Å². The van der Waals surface area contributed by atoms with Crippen molar-refractivity contribution in [3.8, 4) is 0 Å². The van der Waals surface area contributed by atoms with Crippen LogP contribution in [0.1, 0.15) is 23.5 Å². The van der Waals surface area contributed by atoms with E-state index in [0.29, 0.717) is 5.92 Å². The number of likely N-dealkylation sites (tertiary alicyclic amines) is 1. The van der Waals surface area contributed by atoms with Crippen molar-refractivity contribution in [2.45, 2.75) is 18.9 Å². The first-order valence-corrected chi connectivity index (χ1v) is 6.04. The third-order valence-electron chi connectivity index (χ3n) is 3.68. The molecule has 1 aromatic carbocycles. The average Bonchev–Trinajstić information content (AvgIpc) is 2.23. The van der Waals surface area contributed by atoms with Crippen molar-refractivity contribution in [2.24, 2.45) is 0 Å². The normalized spacial score (nSPS) is 24.9. The molecule has 1 saturated heterocycles. The molecule has 16 heavy (non-hydrogen) atoms. The summed E-state index contributed by atoms with van der Waals surface area (Å²) in [5.74, 6) is 0.356. The lowest BCUT2D eigenvalue weighted by molar-refractivity contribution is 0.166. The Balaban J connectivity index is 1.83. The van der Waals surface area contributed by atoms with Crippen molar-refractivity contribution in [3.63, 3.8) is 0 Å². The molecule has 2 nitrogen and oxygen atoms in total. The Morgan fingerprint density at radius 3 is 3.00 bits per heavy atom. The minimum atomic E-state index is -0.103. The topological polar surface area (TPSA) is 15.3 Å². The van der Waals surface area contributed by atoms with E-state index in [-0.39, 0.29) is 5.82 Å². The molecule has 86 valence electrons. The van der Waals surface area contributed by atoms with Crippen LogP contribution in [0.4, 0.5) is 4.39 Å². The number of nitrogens with zero attached hydrogens (tertiary/aromatic N) is 1. The Morgan fingerprint density at radius 1 is 1.38 bits per heavy atom. The highest BCUT2D eigenvalue weighted by Gasteiger charge is 2.24. The van der Waals surface area contributed by atoms with Crippen LogP contribution in [0.15, 0.2) is 18.2 Å². The molecular formula is C13H17FN2. The molecule has 0 saturated carbocycles. The van der Waals surface area contributed by atoms with Gasteiger partial charge in [0.25, 0.3) is 0 Å². The van der Waals surface area contributed by atoms with E-state index in [2.05, 4.69) is 10.2 Å². The molecule has 2 aliphatic rings. The molecule has 0 aliphatic carbocycles. The van der Waals surface area contributed by atoms with E-state index in [1.807, 2.05) is 6.07 Å². The summed E-state index contributed by atoms with van der Waals surface area (Å²) < 4.78 is 13.3. The maximum absolute atomic E-state index is 13.3. The van der Waals surface area contributed by atoms with Gasteiger partial charge in [0, 0.05) is 25.6 Å². The van der Waals surface area contributed by atoms with Crippen LogP contribution in [0.2, 0.25) is 0 Å². The number of nitrogens with one attached hydrogen (secondary N) is 1. The molecule has 0 radical (unpaired) electrons. The van der Waals surface area contributed by atoms with Gasteiger partial charge in [-0.2, -0.15) is 0 Å².